The van der Waals surface area contributed by atoms with Crippen molar-refractivity contribution in [2.75, 3.05) is 17.7 Å². The van der Waals surface area contributed by atoms with E-state index in [0.717, 1.165) is 16.7 Å². The number of benzene rings is 2. The van der Waals surface area contributed by atoms with Crippen molar-refractivity contribution in [3.63, 3.8) is 0 Å². The minimum Gasteiger partial charge on any atom is -0.495 e. The van der Waals surface area contributed by atoms with Gasteiger partial charge in [0, 0.05) is 19.2 Å². The number of thiocarbonyl (C=S) groups is 1. The van der Waals surface area contributed by atoms with Crippen molar-refractivity contribution in [2.45, 2.75) is 0 Å². The molecule has 2 N–H and O–H groups in total. The van der Waals surface area contributed by atoms with Gasteiger partial charge in [0.25, 0.3) is 5.69 Å². The number of nitro benzene ring substituents is 1. The molecule has 1 heterocycles. The Bertz CT molecular complexity index is 970. The van der Waals surface area contributed by atoms with Crippen LogP contribution in [0.4, 0.5) is 17.1 Å². The summed E-state index contributed by atoms with van der Waals surface area (Å²) in [5, 5.41) is 17.2. The Morgan fingerprint density at radius 3 is 2.76 bits per heavy atom. The van der Waals surface area contributed by atoms with Crippen molar-refractivity contribution >= 4 is 45.4 Å². The first-order valence-electron chi connectivity index (χ1n) is 7.30. The second-order valence-corrected chi connectivity index (χ2v) is 5.66. The molecule has 0 aliphatic carbocycles. The molecule has 25 heavy (non-hydrogen) atoms. The first kappa shape index (κ1) is 16.7. The lowest BCUT2D eigenvalue weighted by atomic mass is 10.2. The molecule has 9 heteroatoms. The molecule has 0 unspecified atom stereocenters. The maximum atomic E-state index is 11.0. The van der Waals surface area contributed by atoms with E-state index in [0.29, 0.717) is 11.4 Å². The van der Waals surface area contributed by atoms with E-state index in [2.05, 4.69) is 15.6 Å². The van der Waals surface area contributed by atoms with Gasteiger partial charge in [-0.1, -0.05) is 6.07 Å². The van der Waals surface area contributed by atoms with Crippen LogP contribution in [0.2, 0.25) is 0 Å². The first-order chi connectivity index (χ1) is 12.0. The molecule has 0 saturated carbocycles. The molecule has 0 aliphatic rings. The summed E-state index contributed by atoms with van der Waals surface area (Å²) in [6.45, 7) is 0. The van der Waals surface area contributed by atoms with Gasteiger partial charge in [0.05, 0.1) is 35.3 Å². The highest BCUT2D eigenvalue weighted by Crippen LogP contribution is 2.29. The molecule has 1 aromatic heterocycles. The Morgan fingerprint density at radius 1 is 1.28 bits per heavy atom. The highest BCUT2D eigenvalue weighted by atomic mass is 32.1. The number of nitro groups is 1. The van der Waals surface area contributed by atoms with Crippen molar-refractivity contribution in [3.05, 3.63) is 52.8 Å². The predicted octanol–water partition coefficient (Wildman–Crippen LogP) is 3.30. The van der Waals surface area contributed by atoms with E-state index in [-0.39, 0.29) is 10.8 Å². The summed E-state index contributed by atoms with van der Waals surface area (Å²) in [5.41, 5.74) is 2.82. The molecule has 3 rings (SSSR count). The minimum atomic E-state index is -0.476. The van der Waals surface area contributed by atoms with E-state index in [4.69, 9.17) is 17.0 Å². The summed E-state index contributed by atoms with van der Waals surface area (Å²) in [7, 11) is 3.39. The number of methoxy groups -OCH3 is 1. The van der Waals surface area contributed by atoms with Gasteiger partial charge in [0.15, 0.2) is 5.11 Å². The van der Waals surface area contributed by atoms with Crippen LogP contribution in [0.3, 0.4) is 0 Å². The number of fused-ring (bicyclic) bond motifs is 1. The number of hydrogen-bond donors (Lipinski definition) is 2. The lowest BCUT2D eigenvalue weighted by molar-refractivity contribution is -0.384. The number of non-ortho nitro benzene ring substituents is 1. The highest BCUT2D eigenvalue weighted by Gasteiger charge is 2.13. The number of aryl methyl sites for hydroxylation is 1. The monoisotopic (exact) mass is 357 g/mol. The molecule has 2 aromatic carbocycles. The normalized spacial score (nSPS) is 10.5. The lowest BCUT2D eigenvalue weighted by Gasteiger charge is -2.13. The van der Waals surface area contributed by atoms with Gasteiger partial charge in [-0.05, 0) is 30.4 Å². The van der Waals surface area contributed by atoms with Gasteiger partial charge < -0.3 is 19.9 Å². The van der Waals surface area contributed by atoms with Gasteiger partial charge in [-0.2, -0.15) is 0 Å². The number of ether oxygens (including phenoxy) is 1. The van der Waals surface area contributed by atoms with Crippen LogP contribution in [0.5, 0.6) is 5.75 Å². The fourth-order valence-corrected chi connectivity index (χ4v) is 2.66. The van der Waals surface area contributed by atoms with Gasteiger partial charge in [-0.3, -0.25) is 10.1 Å². The zero-order valence-corrected chi connectivity index (χ0v) is 14.3. The number of aromatic nitrogens is 2. The molecule has 0 amide bonds. The SMILES string of the molecule is COc1ccc([N+](=O)[O-])cc1NC(=S)Nc1cccc2c1ncn2C. The fourth-order valence-electron chi connectivity index (χ4n) is 2.44. The number of para-hydroxylation sites is 1. The van der Waals surface area contributed by atoms with Gasteiger partial charge in [-0.15, -0.1) is 0 Å². The first-order valence-corrected chi connectivity index (χ1v) is 7.71. The Kier molecular flexibility index (Phi) is 4.48. The van der Waals surface area contributed by atoms with Gasteiger partial charge >= 0.3 is 0 Å². The van der Waals surface area contributed by atoms with Crippen LogP contribution < -0.4 is 15.4 Å². The highest BCUT2D eigenvalue weighted by molar-refractivity contribution is 7.80. The molecule has 3 aromatic rings. The standard InChI is InChI=1S/C16H15N5O3S/c1-20-9-17-15-11(4-3-5-13(15)20)18-16(25)19-12-8-10(21(22)23)6-7-14(12)24-2/h3-9H,1-2H3,(H2,18,19,25). The number of hydrogen-bond acceptors (Lipinski definition) is 5. The Balaban J connectivity index is 1.85. The minimum absolute atomic E-state index is 0.0575. The second kappa shape index (κ2) is 6.73. The fraction of sp³-hybridized carbons (Fsp3) is 0.125. The van der Waals surface area contributed by atoms with Crippen molar-refractivity contribution in [2.24, 2.45) is 7.05 Å². The molecular formula is C16H15N5O3S. The third-order valence-electron chi connectivity index (χ3n) is 3.65. The molecule has 128 valence electrons. The molecule has 0 spiro atoms. The average molecular weight is 357 g/mol. The molecule has 8 nitrogen and oxygen atoms in total. The molecule has 0 atom stereocenters. The average Bonchev–Trinajstić information content (AvgIpc) is 2.97. The third kappa shape index (κ3) is 3.36. The maximum Gasteiger partial charge on any atom is 0.271 e. The summed E-state index contributed by atoms with van der Waals surface area (Å²) in [5.74, 6) is 0.450. The van der Waals surface area contributed by atoms with Gasteiger partial charge in [0.2, 0.25) is 0 Å². The van der Waals surface area contributed by atoms with E-state index in [9.17, 15) is 10.1 Å². The van der Waals surface area contributed by atoms with E-state index in [1.54, 1.807) is 6.33 Å². The van der Waals surface area contributed by atoms with Crippen LogP contribution in [-0.2, 0) is 7.05 Å². The number of anilines is 2. The number of imidazole rings is 1. The van der Waals surface area contributed by atoms with Crippen LogP contribution in [-0.4, -0.2) is 26.7 Å². The Morgan fingerprint density at radius 2 is 2.04 bits per heavy atom. The molecule has 0 bridgehead atoms. The maximum absolute atomic E-state index is 11.0. The van der Waals surface area contributed by atoms with Gasteiger partial charge in [0.1, 0.15) is 11.3 Å². The van der Waals surface area contributed by atoms with Crippen LogP contribution >= 0.6 is 12.2 Å². The van der Waals surface area contributed by atoms with Crippen LogP contribution in [0.15, 0.2) is 42.7 Å². The molecular weight excluding hydrogens is 342 g/mol. The molecule has 0 radical (unpaired) electrons. The third-order valence-corrected chi connectivity index (χ3v) is 3.85. The molecule has 0 saturated heterocycles. The quantitative estimate of drug-likeness (QED) is 0.420. The summed E-state index contributed by atoms with van der Waals surface area (Å²) in [6.07, 6.45) is 1.72. The van der Waals surface area contributed by atoms with Crippen LogP contribution in [0, 0.1) is 10.1 Å². The number of nitrogens with one attached hydrogen (secondary N) is 2. The number of rotatable bonds is 4. The van der Waals surface area contributed by atoms with Crippen molar-refractivity contribution in [1.82, 2.24) is 9.55 Å². The number of nitrogens with zero attached hydrogens (tertiary/aromatic N) is 3. The molecule has 0 aliphatic heterocycles. The smallest absolute Gasteiger partial charge is 0.271 e. The zero-order chi connectivity index (χ0) is 18.0. The molecule has 0 fully saturated rings. The largest absolute Gasteiger partial charge is 0.495 e. The summed E-state index contributed by atoms with van der Waals surface area (Å²) < 4.78 is 7.12. The Hall–Kier alpha value is -3.20. The van der Waals surface area contributed by atoms with E-state index in [1.807, 2.05) is 29.8 Å². The van der Waals surface area contributed by atoms with Crippen LogP contribution in [0.25, 0.3) is 11.0 Å². The summed E-state index contributed by atoms with van der Waals surface area (Å²) in [6, 6.07) is 9.95. The predicted molar refractivity (Wildman–Crippen MR) is 100 cm³/mol. The van der Waals surface area contributed by atoms with E-state index >= 15 is 0 Å². The zero-order valence-electron chi connectivity index (χ0n) is 13.5. The summed E-state index contributed by atoms with van der Waals surface area (Å²) >= 11 is 5.32. The van der Waals surface area contributed by atoms with E-state index in [1.165, 1.54) is 25.3 Å². The lowest BCUT2D eigenvalue weighted by Crippen LogP contribution is -2.19. The second-order valence-electron chi connectivity index (χ2n) is 5.25. The van der Waals surface area contributed by atoms with Crippen LogP contribution in [0.1, 0.15) is 0 Å². The van der Waals surface area contributed by atoms with Crippen molar-refractivity contribution in [1.29, 1.82) is 0 Å². The Labute approximate surface area is 148 Å². The van der Waals surface area contributed by atoms with Crippen molar-refractivity contribution in [3.8, 4) is 5.75 Å². The topological polar surface area (TPSA) is 94.2 Å². The van der Waals surface area contributed by atoms with Gasteiger partial charge in [-0.25, -0.2) is 4.98 Å². The van der Waals surface area contributed by atoms with Crippen molar-refractivity contribution < 1.29 is 9.66 Å². The van der Waals surface area contributed by atoms with E-state index < -0.39 is 4.92 Å². The summed E-state index contributed by atoms with van der Waals surface area (Å²) in [4.78, 5) is 14.8.